The zero-order valence-electron chi connectivity index (χ0n) is 21.4. The maximum Gasteiger partial charge on any atom is 0.326 e. The molecule has 0 fully saturated rings. The summed E-state index contributed by atoms with van der Waals surface area (Å²) in [4.78, 5) is 49.5. The average molecular weight is 528 g/mol. The molecule has 0 aliphatic heterocycles. The van der Waals surface area contributed by atoms with Crippen LogP contribution < -0.4 is 15.8 Å². The third-order valence-corrected chi connectivity index (χ3v) is 6.40. The number of ether oxygens (including phenoxy) is 1. The molecule has 200 valence electrons. The Labute approximate surface area is 225 Å². The van der Waals surface area contributed by atoms with Gasteiger partial charge in [0.05, 0.1) is 16.5 Å². The molecule has 4 rings (SSSR count). The number of aliphatic carboxylic acids is 1. The Morgan fingerprint density at radius 2 is 1.56 bits per heavy atom. The van der Waals surface area contributed by atoms with Gasteiger partial charge in [0, 0.05) is 18.7 Å². The molecule has 0 radical (unpaired) electrons. The second-order valence-corrected chi connectivity index (χ2v) is 9.03. The fraction of sp³-hybridized carbons (Fsp3) is 0.200. The molecule has 1 aromatic heterocycles. The average Bonchev–Trinajstić information content (AvgIpc) is 3.25. The van der Waals surface area contributed by atoms with Crippen molar-refractivity contribution in [1.29, 1.82) is 0 Å². The van der Waals surface area contributed by atoms with Crippen LogP contribution in [0.3, 0.4) is 0 Å². The highest BCUT2D eigenvalue weighted by Crippen LogP contribution is 2.35. The molecule has 39 heavy (non-hydrogen) atoms. The van der Waals surface area contributed by atoms with Gasteiger partial charge in [-0.25, -0.2) is 4.79 Å². The lowest BCUT2D eigenvalue weighted by Gasteiger charge is -2.15. The number of carboxylic acid groups (broad SMARTS) is 1. The van der Waals surface area contributed by atoms with Crippen molar-refractivity contribution in [3.63, 3.8) is 0 Å². The van der Waals surface area contributed by atoms with E-state index in [1.165, 1.54) is 0 Å². The Morgan fingerprint density at radius 3 is 2.15 bits per heavy atom. The number of ketones is 1. The summed E-state index contributed by atoms with van der Waals surface area (Å²) in [5.41, 5.74) is 8.56. The highest BCUT2D eigenvalue weighted by atomic mass is 16.5. The third kappa shape index (κ3) is 6.15. The second kappa shape index (κ2) is 12.1. The number of nitrogens with two attached hydrogens (primary N) is 1. The summed E-state index contributed by atoms with van der Waals surface area (Å²) in [6.07, 6.45) is 0.548. The summed E-state index contributed by atoms with van der Waals surface area (Å²) in [7, 11) is 0. The molecule has 0 aliphatic carbocycles. The molecule has 0 aliphatic rings. The first-order valence-electron chi connectivity index (χ1n) is 12.5. The molecule has 1 heterocycles. The standard InChI is InChI=1S/C30H29N3O6/c1-2-22-27(28(35)29(31)36)26-23(33(22)17-20-12-7-4-8-13-20)14-9-15-24(26)39-18-25(34)32-21(30(37)38)16-19-10-5-3-6-11-19/h3-15,21H,2,16-18H2,1H3,(H2,31,36)(H,32,34)(H,37,38). The van der Waals surface area contributed by atoms with Crippen LogP contribution in [-0.2, 0) is 33.8 Å². The number of hydrogen-bond acceptors (Lipinski definition) is 5. The van der Waals surface area contributed by atoms with Gasteiger partial charge in [-0.3, -0.25) is 14.4 Å². The van der Waals surface area contributed by atoms with Crippen LogP contribution in [0.4, 0.5) is 0 Å². The quantitative estimate of drug-likeness (QED) is 0.191. The number of aromatic nitrogens is 1. The third-order valence-electron chi connectivity index (χ3n) is 6.40. The minimum atomic E-state index is -1.17. The lowest BCUT2D eigenvalue weighted by Crippen LogP contribution is -2.44. The van der Waals surface area contributed by atoms with Crippen molar-refractivity contribution in [2.45, 2.75) is 32.4 Å². The number of primary amides is 1. The molecule has 0 spiro atoms. The Morgan fingerprint density at radius 1 is 0.923 bits per heavy atom. The van der Waals surface area contributed by atoms with E-state index in [0.717, 1.165) is 11.1 Å². The lowest BCUT2D eigenvalue weighted by atomic mass is 10.0. The molecule has 2 amide bonds. The van der Waals surface area contributed by atoms with E-state index in [0.29, 0.717) is 29.6 Å². The van der Waals surface area contributed by atoms with Gasteiger partial charge in [-0.15, -0.1) is 0 Å². The van der Waals surface area contributed by atoms with Crippen molar-refractivity contribution in [2.24, 2.45) is 5.73 Å². The van der Waals surface area contributed by atoms with Crippen molar-refractivity contribution in [2.75, 3.05) is 6.61 Å². The molecular weight excluding hydrogens is 498 g/mol. The first-order valence-corrected chi connectivity index (χ1v) is 12.5. The summed E-state index contributed by atoms with van der Waals surface area (Å²) < 4.78 is 7.76. The smallest absolute Gasteiger partial charge is 0.326 e. The number of amides is 2. The van der Waals surface area contributed by atoms with Crippen LogP contribution >= 0.6 is 0 Å². The van der Waals surface area contributed by atoms with Crippen molar-refractivity contribution in [3.8, 4) is 5.75 Å². The first kappa shape index (κ1) is 27.1. The van der Waals surface area contributed by atoms with Crippen LogP contribution in [0.25, 0.3) is 10.9 Å². The van der Waals surface area contributed by atoms with Gasteiger partial charge in [0.15, 0.2) is 6.61 Å². The van der Waals surface area contributed by atoms with Gasteiger partial charge in [0.25, 0.3) is 17.6 Å². The number of Topliss-reactive ketones (excluding diaryl/α,β-unsaturated/α-hetero) is 1. The molecule has 4 N–H and O–H groups in total. The van der Waals surface area contributed by atoms with E-state index in [4.69, 9.17) is 10.5 Å². The van der Waals surface area contributed by atoms with Crippen molar-refractivity contribution < 1.29 is 29.0 Å². The number of carbonyl (C=O) groups is 4. The molecular formula is C30H29N3O6. The van der Waals surface area contributed by atoms with Crippen LogP contribution in [0.15, 0.2) is 78.9 Å². The highest BCUT2D eigenvalue weighted by Gasteiger charge is 2.28. The number of rotatable bonds is 12. The van der Waals surface area contributed by atoms with Gasteiger partial charge in [0.2, 0.25) is 0 Å². The maximum atomic E-state index is 13.0. The summed E-state index contributed by atoms with van der Waals surface area (Å²) in [6, 6.07) is 22.6. The minimum Gasteiger partial charge on any atom is -0.483 e. The lowest BCUT2D eigenvalue weighted by molar-refractivity contribution is -0.142. The fourth-order valence-corrected chi connectivity index (χ4v) is 4.65. The van der Waals surface area contributed by atoms with Crippen molar-refractivity contribution in [3.05, 3.63) is 101 Å². The number of nitrogens with one attached hydrogen (secondary N) is 1. The van der Waals surface area contributed by atoms with Gasteiger partial charge in [-0.1, -0.05) is 73.7 Å². The van der Waals surface area contributed by atoms with E-state index in [1.54, 1.807) is 36.4 Å². The monoisotopic (exact) mass is 527 g/mol. The van der Waals surface area contributed by atoms with E-state index >= 15 is 0 Å². The predicted octanol–water partition coefficient (Wildman–Crippen LogP) is 3.11. The van der Waals surface area contributed by atoms with E-state index in [1.807, 2.05) is 54.0 Å². The fourth-order valence-electron chi connectivity index (χ4n) is 4.65. The van der Waals surface area contributed by atoms with Crippen molar-refractivity contribution in [1.82, 2.24) is 9.88 Å². The molecule has 4 aromatic rings. The molecule has 0 bridgehead atoms. The molecule has 3 aromatic carbocycles. The number of nitrogens with zero attached hydrogens (tertiary/aromatic N) is 1. The van der Waals surface area contributed by atoms with Crippen LogP contribution in [0.1, 0.15) is 34.1 Å². The maximum absolute atomic E-state index is 13.0. The summed E-state index contributed by atoms with van der Waals surface area (Å²) in [6.45, 7) is 1.82. The largest absolute Gasteiger partial charge is 0.483 e. The van der Waals surface area contributed by atoms with Gasteiger partial charge >= 0.3 is 5.97 Å². The normalized spacial score (nSPS) is 11.6. The van der Waals surface area contributed by atoms with Gasteiger partial charge in [-0.2, -0.15) is 0 Å². The van der Waals surface area contributed by atoms with E-state index in [2.05, 4.69) is 5.32 Å². The molecule has 1 unspecified atom stereocenters. The Kier molecular flexibility index (Phi) is 8.40. The van der Waals surface area contributed by atoms with Gasteiger partial charge in [-0.05, 0) is 29.7 Å². The number of benzene rings is 3. The number of hydrogen-bond donors (Lipinski definition) is 3. The van der Waals surface area contributed by atoms with Gasteiger partial charge in [0.1, 0.15) is 11.8 Å². The SMILES string of the molecule is CCc1c(C(=O)C(N)=O)c2c(OCC(=O)NC(Cc3ccccc3)C(=O)O)cccc2n1Cc1ccccc1. The van der Waals surface area contributed by atoms with Gasteiger partial charge < -0.3 is 25.5 Å². The Bertz CT molecular complexity index is 1510. The zero-order valence-corrected chi connectivity index (χ0v) is 21.4. The number of carbonyl (C=O) groups excluding carboxylic acids is 3. The minimum absolute atomic E-state index is 0.108. The van der Waals surface area contributed by atoms with Crippen LogP contribution in [0.5, 0.6) is 5.75 Å². The Balaban J connectivity index is 1.65. The van der Waals surface area contributed by atoms with E-state index < -0.39 is 36.2 Å². The van der Waals surface area contributed by atoms with E-state index in [-0.39, 0.29) is 17.7 Å². The summed E-state index contributed by atoms with van der Waals surface area (Å²) in [5, 5.41) is 12.5. The molecule has 0 saturated carbocycles. The topological polar surface area (TPSA) is 141 Å². The zero-order chi connectivity index (χ0) is 27.9. The first-order chi connectivity index (χ1) is 18.8. The molecule has 0 saturated heterocycles. The van der Waals surface area contributed by atoms with Crippen LogP contribution in [-0.4, -0.2) is 45.9 Å². The summed E-state index contributed by atoms with van der Waals surface area (Å²) >= 11 is 0. The van der Waals surface area contributed by atoms with Crippen molar-refractivity contribution >= 4 is 34.5 Å². The van der Waals surface area contributed by atoms with E-state index in [9.17, 15) is 24.3 Å². The summed E-state index contributed by atoms with van der Waals surface area (Å²) in [5.74, 6) is -3.55. The Hall–Kier alpha value is -4.92. The second-order valence-electron chi connectivity index (χ2n) is 9.03. The molecule has 9 heteroatoms. The molecule has 1 atom stereocenters. The molecule has 9 nitrogen and oxygen atoms in total. The number of fused-ring (bicyclic) bond motifs is 1. The predicted molar refractivity (Wildman–Crippen MR) is 146 cm³/mol. The van der Waals surface area contributed by atoms with Crippen LogP contribution in [0.2, 0.25) is 0 Å². The van der Waals surface area contributed by atoms with Crippen LogP contribution in [0, 0.1) is 0 Å². The number of carboxylic acids is 1. The highest BCUT2D eigenvalue weighted by molar-refractivity contribution is 6.45.